The average Bonchev–Trinajstić information content (AvgIpc) is 3.03. The minimum atomic E-state index is -0.280. The highest BCUT2D eigenvalue weighted by atomic mass is 16.5. The van der Waals surface area contributed by atoms with Gasteiger partial charge in [0.15, 0.2) is 5.82 Å². The normalized spacial score (nSPS) is 17.6. The van der Waals surface area contributed by atoms with Crippen molar-refractivity contribution in [2.24, 2.45) is 5.92 Å². The molecule has 10 nitrogen and oxygen atoms in total. The van der Waals surface area contributed by atoms with E-state index >= 15 is 0 Å². The Kier molecular flexibility index (Phi) is 7.47. The monoisotopic (exact) mass is 527 g/mol. The second kappa shape index (κ2) is 11.1. The van der Waals surface area contributed by atoms with Crippen LogP contribution in [0.1, 0.15) is 16.8 Å². The number of rotatable bonds is 8. The number of allylic oxidation sites excluding steroid dienone is 1. The lowest BCUT2D eigenvalue weighted by Crippen LogP contribution is -2.57. The number of carbonyl (C=O) groups excluding carboxylic acids is 2. The summed E-state index contributed by atoms with van der Waals surface area (Å²) in [5, 5.41) is 6.27. The fourth-order valence-corrected chi connectivity index (χ4v) is 4.97. The number of likely N-dealkylation sites (tertiary alicyclic amines) is 1. The maximum absolute atomic E-state index is 13.3. The van der Waals surface area contributed by atoms with Gasteiger partial charge in [-0.1, -0.05) is 24.3 Å². The van der Waals surface area contributed by atoms with Crippen LogP contribution in [0.2, 0.25) is 0 Å². The molecule has 2 aliphatic rings. The first-order valence-electron chi connectivity index (χ1n) is 12.9. The zero-order valence-corrected chi connectivity index (χ0v) is 22.4. The highest BCUT2D eigenvalue weighted by molar-refractivity contribution is 6.00. The molecule has 39 heavy (non-hydrogen) atoms. The SMILES string of the molecule is C=CCC1CN(c2ccccc2)c2nc(Nc3ccc(C(=O)NC4CN(C)C4)cc3OC)ncc2N(C)C1=O. The van der Waals surface area contributed by atoms with Crippen LogP contribution in [-0.4, -0.2) is 73.6 Å². The summed E-state index contributed by atoms with van der Waals surface area (Å²) in [5.74, 6) is 1.01. The van der Waals surface area contributed by atoms with Gasteiger partial charge >= 0.3 is 0 Å². The molecule has 3 heterocycles. The Bertz CT molecular complexity index is 1370. The van der Waals surface area contributed by atoms with Crippen molar-refractivity contribution in [3.05, 3.63) is 72.9 Å². The molecule has 0 radical (unpaired) electrons. The van der Waals surface area contributed by atoms with Crippen molar-refractivity contribution in [2.45, 2.75) is 12.5 Å². The van der Waals surface area contributed by atoms with Crippen molar-refractivity contribution < 1.29 is 14.3 Å². The Morgan fingerprint density at radius 3 is 2.62 bits per heavy atom. The highest BCUT2D eigenvalue weighted by Gasteiger charge is 2.33. The first-order valence-corrected chi connectivity index (χ1v) is 12.9. The van der Waals surface area contributed by atoms with Crippen LogP contribution in [-0.2, 0) is 4.79 Å². The number of hydrogen-bond donors (Lipinski definition) is 2. The molecule has 0 saturated carbocycles. The van der Waals surface area contributed by atoms with E-state index in [1.807, 2.05) is 42.3 Å². The Balaban J connectivity index is 1.45. The third-order valence-corrected chi connectivity index (χ3v) is 7.08. The number of hydrogen-bond acceptors (Lipinski definition) is 8. The van der Waals surface area contributed by atoms with Crippen LogP contribution in [0.3, 0.4) is 0 Å². The summed E-state index contributed by atoms with van der Waals surface area (Å²) in [6.07, 6.45) is 3.97. The van der Waals surface area contributed by atoms with Crippen molar-refractivity contribution in [3.8, 4) is 5.75 Å². The number of amides is 2. The Morgan fingerprint density at radius 1 is 1.15 bits per heavy atom. The zero-order valence-electron chi connectivity index (χ0n) is 22.4. The minimum absolute atomic E-state index is 0.0111. The number of nitrogens with zero attached hydrogens (tertiary/aromatic N) is 5. The molecule has 0 aliphatic carbocycles. The highest BCUT2D eigenvalue weighted by Crippen LogP contribution is 2.38. The lowest BCUT2D eigenvalue weighted by atomic mass is 10.0. The average molecular weight is 528 g/mol. The second-order valence-corrected chi connectivity index (χ2v) is 9.90. The molecule has 1 aromatic heterocycles. The van der Waals surface area contributed by atoms with Gasteiger partial charge in [-0.2, -0.15) is 4.98 Å². The molecule has 5 rings (SSSR count). The van der Waals surface area contributed by atoms with Gasteiger partial charge in [-0.25, -0.2) is 4.98 Å². The van der Waals surface area contributed by atoms with E-state index in [4.69, 9.17) is 9.72 Å². The number of aromatic nitrogens is 2. The van der Waals surface area contributed by atoms with Crippen LogP contribution in [0, 0.1) is 5.92 Å². The molecule has 3 aromatic rings. The number of nitrogens with one attached hydrogen (secondary N) is 2. The number of ether oxygens (including phenoxy) is 1. The fourth-order valence-electron chi connectivity index (χ4n) is 4.97. The number of fused-ring (bicyclic) bond motifs is 1. The van der Waals surface area contributed by atoms with E-state index in [1.165, 1.54) is 0 Å². The van der Waals surface area contributed by atoms with Crippen molar-refractivity contribution >= 4 is 40.6 Å². The molecule has 1 unspecified atom stereocenters. The minimum Gasteiger partial charge on any atom is -0.495 e. The number of carbonyl (C=O) groups is 2. The van der Waals surface area contributed by atoms with Gasteiger partial charge < -0.3 is 30.1 Å². The molecule has 1 saturated heterocycles. The maximum Gasteiger partial charge on any atom is 0.251 e. The standard InChI is InChI=1S/C29H33N7O3/c1-5-9-20-16-36(22-10-7-6-8-11-22)26-24(35(3)28(20)38)15-30-29(33-26)32-23-13-12-19(14-25(23)39-4)27(37)31-21-17-34(2)18-21/h5-8,10-15,20-21H,1,9,16-18H2,2-4H3,(H,31,37)(H,30,32,33). The summed E-state index contributed by atoms with van der Waals surface area (Å²) in [5.41, 5.74) is 2.66. The van der Waals surface area contributed by atoms with Gasteiger partial charge in [-0.3, -0.25) is 9.59 Å². The number of likely N-dealkylation sites (N-methyl/N-ethyl adjacent to an activating group) is 1. The molecule has 2 aromatic carbocycles. The van der Waals surface area contributed by atoms with Crippen molar-refractivity contribution in [1.29, 1.82) is 0 Å². The molecule has 2 N–H and O–H groups in total. The van der Waals surface area contributed by atoms with Gasteiger partial charge in [0.25, 0.3) is 5.91 Å². The molecule has 202 valence electrons. The first kappa shape index (κ1) is 26.2. The van der Waals surface area contributed by atoms with Gasteiger partial charge in [0.05, 0.1) is 31.0 Å². The van der Waals surface area contributed by atoms with Crippen LogP contribution in [0.25, 0.3) is 0 Å². The summed E-state index contributed by atoms with van der Waals surface area (Å²) in [7, 11) is 5.32. The topological polar surface area (TPSA) is 103 Å². The van der Waals surface area contributed by atoms with E-state index in [2.05, 4.69) is 27.1 Å². The van der Waals surface area contributed by atoms with Crippen LogP contribution in [0.4, 0.5) is 28.8 Å². The summed E-state index contributed by atoms with van der Waals surface area (Å²) in [6.45, 7) is 5.98. The van der Waals surface area contributed by atoms with E-state index in [0.29, 0.717) is 47.4 Å². The summed E-state index contributed by atoms with van der Waals surface area (Å²) >= 11 is 0. The van der Waals surface area contributed by atoms with E-state index in [0.717, 1.165) is 18.8 Å². The van der Waals surface area contributed by atoms with E-state index in [1.54, 1.807) is 49.5 Å². The predicted molar refractivity (Wildman–Crippen MR) is 152 cm³/mol. The molecule has 2 aliphatic heterocycles. The van der Waals surface area contributed by atoms with Crippen molar-refractivity contribution in [2.75, 3.05) is 56.0 Å². The molecular formula is C29H33N7O3. The summed E-state index contributed by atoms with van der Waals surface area (Å²) in [6, 6.07) is 15.2. The second-order valence-electron chi connectivity index (χ2n) is 9.90. The van der Waals surface area contributed by atoms with Crippen LogP contribution in [0.15, 0.2) is 67.4 Å². The Morgan fingerprint density at radius 2 is 1.92 bits per heavy atom. The number of para-hydroxylation sites is 1. The zero-order chi connectivity index (χ0) is 27.5. The number of methoxy groups -OCH3 is 1. The van der Waals surface area contributed by atoms with Gasteiger partial charge in [0, 0.05) is 37.9 Å². The van der Waals surface area contributed by atoms with Crippen LogP contribution >= 0.6 is 0 Å². The van der Waals surface area contributed by atoms with Gasteiger partial charge in [-0.15, -0.1) is 6.58 Å². The van der Waals surface area contributed by atoms with Crippen molar-refractivity contribution in [1.82, 2.24) is 20.2 Å². The number of benzene rings is 2. The van der Waals surface area contributed by atoms with E-state index < -0.39 is 0 Å². The lowest BCUT2D eigenvalue weighted by Gasteiger charge is -2.36. The third kappa shape index (κ3) is 5.42. The third-order valence-electron chi connectivity index (χ3n) is 7.08. The van der Waals surface area contributed by atoms with Gasteiger partial charge in [-0.05, 0) is 43.8 Å². The largest absolute Gasteiger partial charge is 0.495 e. The molecule has 1 atom stereocenters. The maximum atomic E-state index is 13.3. The molecule has 1 fully saturated rings. The molecular weight excluding hydrogens is 494 g/mol. The van der Waals surface area contributed by atoms with Gasteiger partial charge in [0.2, 0.25) is 11.9 Å². The van der Waals surface area contributed by atoms with Crippen LogP contribution in [0.5, 0.6) is 5.75 Å². The first-order chi connectivity index (χ1) is 18.9. The van der Waals surface area contributed by atoms with Gasteiger partial charge in [0.1, 0.15) is 11.4 Å². The summed E-state index contributed by atoms with van der Waals surface area (Å²) in [4.78, 5) is 41.1. The van der Waals surface area contributed by atoms with E-state index in [9.17, 15) is 9.59 Å². The number of anilines is 5. The molecule has 2 amide bonds. The molecule has 0 bridgehead atoms. The molecule has 0 spiro atoms. The summed E-state index contributed by atoms with van der Waals surface area (Å²) < 4.78 is 5.59. The van der Waals surface area contributed by atoms with E-state index in [-0.39, 0.29) is 23.8 Å². The lowest BCUT2D eigenvalue weighted by molar-refractivity contribution is -0.121. The fraction of sp³-hybridized carbons (Fsp3) is 0.310. The Hall–Kier alpha value is -4.44. The predicted octanol–water partition coefficient (Wildman–Crippen LogP) is 3.58. The smallest absolute Gasteiger partial charge is 0.251 e. The van der Waals surface area contributed by atoms with Crippen molar-refractivity contribution in [3.63, 3.8) is 0 Å². The molecule has 10 heteroatoms. The Labute approximate surface area is 228 Å². The quantitative estimate of drug-likeness (QED) is 0.429. The van der Waals surface area contributed by atoms with Crippen LogP contribution < -0.4 is 25.2 Å².